The summed E-state index contributed by atoms with van der Waals surface area (Å²) in [7, 11) is 0. The van der Waals surface area contributed by atoms with E-state index in [2.05, 4.69) is 10.3 Å². The van der Waals surface area contributed by atoms with Gasteiger partial charge in [0.1, 0.15) is 11.3 Å². The smallest absolute Gasteiger partial charge is 0.265 e. The number of para-hydroxylation sites is 3. The van der Waals surface area contributed by atoms with E-state index in [4.69, 9.17) is 9.15 Å². The fourth-order valence-corrected chi connectivity index (χ4v) is 2.88. The quantitative estimate of drug-likeness (QED) is 0.522. The molecule has 4 aromatic rings. The van der Waals surface area contributed by atoms with Crippen molar-refractivity contribution in [1.29, 1.82) is 0 Å². The highest BCUT2D eigenvalue weighted by Gasteiger charge is 2.17. The molecule has 0 aliphatic rings. The molecule has 5 heteroatoms. The molecule has 5 nitrogen and oxygen atoms in total. The number of hydrogen-bond donors (Lipinski definition) is 1. The van der Waals surface area contributed by atoms with Crippen molar-refractivity contribution in [2.45, 2.75) is 20.0 Å². The van der Waals surface area contributed by atoms with Crippen LogP contribution in [-0.4, -0.2) is 17.0 Å². The second-order valence-corrected chi connectivity index (χ2v) is 6.58. The molecule has 28 heavy (non-hydrogen) atoms. The Hall–Kier alpha value is -3.60. The Morgan fingerprint density at radius 1 is 1.04 bits per heavy atom. The second-order valence-electron chi connectivity index (χ2n) is 6.58. The van der Waals surface area contributed by atoms with Crippen molar-refractivity contribution >= 4 is 22.7 Å². The summed E-state index contributed by atoms with van der Waals surface area (Å²) in [6.45, 7) is 3.66. The van der Waals surface area contributed by atoms with Crippen molar-refractivity contribution in [3.63, 3.8) is 0 Å². The number of hydrogen-bond acceptors (Lipinski definition) is 4. The molecule has 1 heterocycles. The number of anilines is 1. The number of oxazole rings is 1. The van der Waals surface area contributed by atoms with E-state index in [1.54, 1.807) is 6.92 Å². The summed E-state index contributed by atoms with van der Waals surface area (Å²) in [6, 6.07) is 22.6. The molecule has 1 amide bonds. The first kappa shape index (κ1) is 17.8. The zero-order valence-corrected chi connectivity index (χ0v) is 15.7. The lowest BCUT2D eigenvalue weighted by atomic mass is 10.1. The van der Waals surface area contributed by atoms with Crippen molar-refractivity contribution in [2.75, 3.05) is 5.32 Å². The van der Waals surface area contributed by atoms with Gasteiger partial charge in [-0.05, 0) is 55.8 Å². The molecule has 3 aromatic carbocycles. The van der Waals surface area contributed by atoms with Crippen LogP contribution in [0.2, 0.25) is 0 Å². The Kier molecular flexibility index (Phi) is 4.81. The van der Waals surface area contributed by atoms with Crippen LogP contribution in [0.15, 0.2) is 77.2 Å². The molecule has 0 radical (unpaired) electrons. The van der Waals surface area contributed by atoms with Crippen molar-refractivity contribution < 1.29 is 13.9 Å². The van der Waals surface area contributed by atoms with Gasteiger partial charge < -0.3 is 14.5 Å². The van der Waals surface area contributed by atoms with E-state index in [-0.39, 0.29) is 5.91 Å². The topological polar surface area (TPSA) is 64.4 Å². The molecule has 0 saturated carbocycles. The van der Waals surface area contributed by atoms with Crippen molar-refractivity contribution in [3.05, 3.63) is 78.4 Å². The largest absolute Gasteiger partial charge is 0.481 e. The van der Waals surface area contributed by atoms with E-state index in [1.807, 2.05) is 79.7 Å². The van der Waals surface area contributed by atoms with Gasteiger partial charge in [-0.2, -0.15) is 0 Å². The van der Waals surface area contributed by atoms with E-state index < -0.39 is 6.10 Å². The van der Waals surface area contributed by atoms with Crippen molar-refractivity contribution in [1.82, 2.24) is 4.98 Å². The third-order valence-electron chi connectivity index (χ3n) is 4.46. The molecule has 0 fully saturated rings. The number of nitrogens with zero attached hydrogens (tertiary/aromatic N) is 1. The molecule has 140 valence electrons. The van der Waals surface area contributed by atoms with Gasteiger partial charge in [-0.3, -0.25) is 4.79 Å². The van der Waals surface area contributed by atoms with Crippen LogP contribution in [0.25, 0.3) is 22.6 Å². The van der Waals surface area contributed by atoms with Gasteiger partial charge in [0, 0.05) is 11.3 Å². The number of amides is 1. The highest BCUT2D eigenvalue weighted by molar-refractivity contribution is 5.95. The lowest BCUT2D eigenvalue weighted by Crippen LogP contribution is -2.30. The maximum absolute atomic E-state index is 12.6. The van der Waals surface area contributed by atoms with Crippen molar-refractivity contribution in [2.24, 2.45) is 0 Å². The number of fused-ring (bicyclic) bond motifs is 1. The standard InChI is InChI=1S/C23H20N2O3/c1-15-12-13-17(23-25-19-10-6-7-11-21(19)28-23)14-20(15)24-22(26)16(2)27-18-8-4-3-5-9-18/h3-14,16H,1-2H3,(H,24,26)/t16-/m0/s1. The van der Waals surface area contributed by atoms with Gasteiger partial charge in [-0.15, -0.1) is 0 Å². The highest BCUT2D eigenvalue weighted by Crippen LogP contribution is 2.28. The molecule has 0 saturated heterocycles. The molecule has 1 N–H and O–H groups in total. The SMILES string of the molecule is Cc1ccc(-c2nc3ccccc3o2)cc1NC(=O)[C@H](C)Oc1ccccc1. The summed E-state index contributed by atoms with van der Waals surface area (Å²) < 4.78 is 11.5. The number of carbonyl (C=O) groups excluding carboxylic acids is 1. The second kappa shape index (κ2) is 7.56. The number of benzene rings is 3. The summed E-state index contributed by atoms with van der Waals surface area (Å²) >= 11 is 0. The van der Waals surface area contributed by atoms with E-state index in [0.29, 0.717) is 17.3 Å². The molecular weight excluding hydrogens is 352 g/mol. The minimum Gasteiger partial charge on any atom is -0.481 e. The predicted molar refractivity (Wildman–Crippen MR) is 109 cm³/mol. The first-order valence-electron chi connectivity index (χ1n) is 9.09. The molecule has 4 rings (SSSR count). The van der Waals surface area contributed by atoms with E-state index in [9.17, 15) is 4.79 Å². The van der Waals surface area contributed by atoms with Crippen LogP contribution in [0.3, 0.4) is 0 Å². The van der Waals surface area contributed by atoms with E-state index in [0.717, 1.165) is 22.2 Å². The normalized spacial score (nSPS) is 11.9. The van der Waals surface area contributed by atoms with E-state index in [1.165, 1.54) is 0 Å². The molecule has 0 spiro atoms. The lowest BCUT2D eigenvalue weighted by Gasteiger charge is -2.16. The summed E-state index contributed by atoms with van der Waals surface area (Å²) in [4.78, 5) is 17.1. The van der Waals surface area contributed by atoms with Crippen LogP contribution >= 0.6 is 0 Å². The molecule has 0 aliphatic carbocycles. The van der Waals surface area contributed by atoms with Crippen LogP contribution < -0.4 is 10.1 Å². The average Bonchev–Trinajstić information content (AvgIpc) is 3.14. The monoisotopic (exact) mass is 372 g/mol. The molecule has 0 aliphatic heterocycles. The number of aromatic nitrogens is 1. The number of rotatable bonds is 5. The number of ether oxygens (including phenoxy) is 1. The van der Waals surface area contributed by atoms with Crippen LogP contribution in [0, 0.1) is 6.92 Å². The lowest BCUT2D eigenvalue weighted by molar-refractivity contribution is -0.122. The predicted octanol–water partition coefficient (Wildman–Crippen LogP) is 5.21. The summed E-state index contributed by atoms with van der Waals surface area (Å²) in [5.41, 5.74) is 3.98. The highest BCUT2D eigenvalue weighted by atomic mass is 16.5. The number of aryl methyl sites for hydroxylation is 1. The average molecular weight is 372 g/mol. The molecule has 0 unspecified atom stereocenters. The Morgan fingerprint density at radius 2 is 1.79 bits per heavy atom. The first-order chi connectivity index (χ1) is 13.6. The van der Waals surface area contributed by atoms with Gasteiger partial charge in [0.2, 0.25) is 5.89 Å². The fraction of sp³-hybridized carbons (Fsp3) is 0.130. The van der Waals surface area contributed by atoms with Gasteiger partial charge in [-0.25, -0.2) is 4.98 Å². The fourth-order valence-electron chi connectivity index (χ4n) is 2.88. The number of nitrogens with one attached hydrogen (secondary N) is 1. The minimum absolute atomic E-state index is 0.221. The van der Waals surface area contributed by atoms with Gasteiger partial charge in [0.05, 0.1) is 0 Å². The Bertz CT molecular complexity index is 1090. The van der Waals surface area contributed by atoms with Crippen LogP contribution in [-0.2, 0) is 4.79 Å². The third-order valence-corrected chi connectivity index (χ3v) is 4.46. The maximum Gasteiger partial charge on any atom is 0.265 e. The number of carbonyl (C=O) groups is 1. The van der Waals surface area contributed by atoms with Crippen molar-refractivity contribution in [3.8, 4) is 17.2 Å². The molecular formula is C23H20N2O3. The van der Waals surface area contributed by atoms with Gasteiger partial charge >= 0.3 is 0 Å². The molecule has 1 aromatic heterocycles. The van der Waals surface area contributed by atoms with Gasteiger partial charge in [0.15, 0.2) is 11.7 Å². The van der Waals surface area contributed by atoms with E-state index >= 15 is 0 Å². The minimum atomic E-state index is -0.630. The summed E-state index contributed by atoms with van der Waals surface area (Å²) in [5, 5.41) is 2.94. The zero-order valence-electron chi connectivity index (χ0n) is 15.7. The third kappa shape index (κ3) is 3.74. The van der Waals surface area contributed by atoms with Crippen LogP contribution in [0.4, 0.5) is 5.69 Å². The summed E-state index contributed by atoms with van der Waals surface area (Å²) in [6.07, 6.45) is -0.630. The first-order valence-corrected chi connectivity index (χ1v) is 9.09. The van der Waals surface area contributed by atoms with Gasteiger partial charge in [0.25, 0.3) is 5.91 Å². The Labute approximate surface area is 163 Å². The zero-order chi connectivity index (χ0) is 19.5. The molecule has 1 atom stereocenters. The van der Waals surface area contributed by atoms with Gasteiger partial charge in [-0.1, -0.05) is 36.4 Å². The Balaban J connectivity index is 1.54. The maximum atomic E-state index is 12.6. The van der Waals surface area contributed by atoms with Crippen LogP contribution in [0.1, 0.15) is 12.5 Å². The Morgan fingerprint density at radius 3 is 2.57 bits per heavy atom. The summed E-state index contributed by atoms with van der Waals surface area (Å²) in [5.74, 6) is 0.953. The van der Waals surface area contributed by atoms with Crippen LogP contribution in [0.5, 0.6) is 5.75 Å². The molecule has 0 bridgehead atoms.